The Morgan fingerprint density at radius 3 is 2.59 bits per heavy atom. The Morgan fingerprint density at radius 1 is 1.11 bits per heavy atom. The third-order valence-electron chi connectivity index (χ3n) is 8.50. The Labute approximate surface area is 259 Å². The first-order valence-corrected chi connectivity index (χ1v) is 15.5. The minimum atomic E-state index is -0.899. The van der Waals surface area contributed by atoms with E-state index in [1.165, 1.54) is 12.1 Å². The van der Waals surface area contributed by atoms with Crippen LogP contribution in [-0.2, 0) is 29.8 Å². The molecule has 11 heteroatoms. The summed E-state index contributed by atoms with van der Waals surface area (Å²) in [5.74, 6) is 0.809. The van der Waals surface area contributed by atoms with Crippen LogP contribution in [0.4, 0.5) is 9.18 Å². The zero-order valence-corrected chi connectivity index (χ0v) is 25.3. The first-order chi connectivity index (χ1) is 21.3. The SMILES string of the molecule is CCCCOc1c(-c2nc(Cl)c(Cc3ccc(F)cc3)[nH]2)nc2n(c1=O)CC1CCC2(NC(=O)OCc2ccccc2)CC1. The van der Waals surface area contributed by atoms with E-state index in [1.54, 1.807) is 16.7 Å². The number of aromatic nitrogens is 4. The van der Waals surface area contributed by atoms with Crippen molar-refractivity contribution in [1.82, 2.24) is 24.8 Å². The quantitative estimate of drug-likeness (QED) is 0.196. The molecular formula is C33H35ClFN5O4. The number of rotatable bonds is 10. The normalized spacial score (nSPS) is 18.8. The molecule has 2 aromatic carbocycles. The van der Waals surface area contributed by atoms with Crippen molar-refractivity contribution in [3.63, 3.8) is 0 Å². The molecule has 1 saturated carbocycles. The summed E-state index contributed by atoms with van der Waals surface area (Å²) in [6.45, 7) is 3.01. The number of ether oxygens (including phenoxy) is 2. The molecule has 230 valence electrons. The maximum Gasteiger partial charge on any atom is 0.408 e. The van der Waals surface area contributed by atoms with Crippen molar-refractivity contribution in [1.29, 1.82) is 0 Å². The summed E-state index contributed by atoms with van der Waals surface area (Å²) >= 11 is 6.57. The van der Waals surface area contributed by atoms with Gasteiger partial charge < -0.3 is 19.8 Å². The molecule has 0 atom stereocenters. The summed E-state index contributed by atoms with van der Waals surface area (Å²) in [7, 11) is 0. The Hall–Kier alpha value is -4.18. The number of nitrogens with zero attached hydrogens (tertiary/aromatic N) is 3. The molecule has 2 aliphatic heterocycles. The zero-order chi connectivity index (χ0) is 30.7. The fraction of sp³-hybridized carbons (Fsp3) is 0.394. The average molecular weight is 620 g/mol. The summed E-state index contributed by atoms with van der Waals surface area (Å²) in [5, 5.41) is 3.33. The van der Waals surface area contributed by atoms with Gasteiger partial charge in [-0.2, -0.15) is 0 Å². The first kappa shape index (κ1) is 29.9. The number of H-pyrrole nitrogens is 1. The van der Waals surface area contributed by atoms with Crippen LogP contribution in [-0.4, -0.2) is 32.2 Å². The number of hydrogen-bond acceptors (Lipinski definition) is 6. The van der Waals surface area contributed by atoms with E-state index in [-0.39, 0.29) is 40.5 Å². The molecule has 3 aliphatic rings. The zero-order valence-electron chi connectivity index (χ0n) is 24.6. The molecule has 44 heavy (non-hydrogen) atoms. The molecule has 0 unspecified atom stereocenters. The molecule has 2 N–H and O–H groups in total. The predicted octanol–water partition coefficient (Wildman–Crippen LogP) is 6.52. The highest BCUT2D eigenvalue weighted by Gasteiger charge is 2.46. The average Bonchev–Trinajstić information content (AvgIpc) is 3.23. The second kappa shape index (κ2) is 12.8. The van der Waals surface area contributed by atoms with Crippen molar-refractivity contribution >= 4 is 17.7 Å². The Morgan fingerprint density at radius 2 is 1.86 bits per heavy atom. The molecule has 7 rings (SSSR count). The van der Waals surface area contributed by atoms with Crippen LogP contribution >= 0.6 is 11.6 Å². The summed E-state index contributed by atoms with van der Waals surface area (Å²) in [5.41, 5.74) is 1.35. The lowest BCUT2D eigenvalue weighted by Gasteiger charge is -2.36. The number of benzene rings is 2. The molecular weight excluding hydrogens is 585 g/mol. The van der Waals surface area contributed by atoms with E-state index in [0.29, 0.717) is 49.8 Å². The van der Waals surface area contributed by atoms with Crippen molar-refractivity contribution < 1.29 is 18.7 Å². The maximum atomic E-state index is 14.2. The lowest BCUT2D eigenvalue weighted by molar-refractivity contribution is 0.112. The van der Waals surface area contributed by atoms with Gasteiger partial charge in [0.2, 0.25) is 5.75 Å². The summed E-state index contributed by atoms with van der Waals surface area (Å²) in [6, 6.07) is 15.6. The van der Waals surface area contributed by atoms with Crippen LogP contribution in [0.3, 0.4) is 0 Å². The van der Waals surface area contributed by atoms with E-state index in [1.807, 2.05) is 37.3 Å². The van der Waals surface area contributed by atoms with Gasteiger partial charge in [0.15, 0.2) is 16.7 Å². The number of fused-ring (bicyclic) bond motifs is 2. The largest absolute Gasteiger partial charge is 0.486 e. The Kier molecular flexibility index (Phi) is 8.70. The molecule has 2 bridgehead atoms. The Balaban J connectivity index is 1.38. The number of nitrogens with one attached hydrogen (secondary N) is 2. The summed E-state index contributed by atoms with van der Waals surface area (Å²) in [4.78, 5) is 40.2. The van der Waals surface area contributed by atoms with Gasteiger partial charge in [0.25, 0.3) is 5.56 Å². The highest BCUT2D eigenvalue weighted by atomic mass is 35.5. The highest BCUT2D eigenvalue weighted by molar-refractivity contribution is 6.30. The second-order valence-electron chi connectivity index (χ2n) is 11.6. The minimum Gasteiger partial charge on any atom is -0.486 e. The lowest BCUT2D eigenvalue weighted by atomic mass is 9.77. The van der Waals surface area contributed by atoms with Gasteiger partial charge >= 0.3 is 6.09 Å². The molecule has 0 saturated heterocycles. The minimum absolute atomic E-state index is 0.101. The number of halogens is 2. The van der Waals surface area contributed by atoms with E-state index < -0.39 is 11.6 Å². The molecule has 4 aromatic rings. The van der Waals surface area contributed by atoms with Crippen molar-refractivity contribution in [2.45, 2.75) is 70.6 Å². The molecule has 1 amide bonds. The molecule has 1 fully saturated rings. The lowest BCUT2D eigenvalue weighted by Crippen LogP contribution is -2.49. The van der Waals surface area contributed by atoms with Crippen LogP contribution in [0, 0.1) is 11.7 Å². The van der Waals surface area contributed by atoms with E-state index in [9.17, 15) is 14.0 Å². The number of aromatic amines is 1. The highest BCUT2D eigenvalue weighted by Crippen LogP contribution is 2.44. The smallest absolute Gasteiger partial charge is 0.408 e. The van der Waals surface area contributed by atoms with Gasteiger partial charge in [-0.3, -0.25) is 9.36 Å². The molecule has 0 radical (unpaired) electrons. The number of carbonyl (C=O) groups is 1. The van der Waals surface area contributed by atoms with E-state index >= 15 is 0 Å². The summed E-state index contributed by atoms with van der Waals surface area (Å²) in [6.07, 6.45) is 4.36. The number of amides is 1. The number of alkyl carbamates (subject to hydrolysis) is 1. The fourth-order valence-corrected chi connectivity index (χ4v) is 6.27. The van der Waals surface area contributed by atoms with Crippen LogP contribution in [0.1, 0.15) is 68.1 Å². The molecule has 0 spiro atoms. The third-order valence-corrected chi connectivity index (χ3v) is 8.81. The van der Waals surface area contributed by atoms with Gasteiger partial charge in [-0.1, -0.05) is 67.4 Å². The van der Waals surface area contributed by atoms with Gasteiger partial charge in [0.1, 0.15) is 23.8 Å². The second-order valence-corrected chi connectivity index (χ2v) is 12.0. The molecule has 4 heterocycles. The third kappa shape index (κ3) is 6.22. The van der Waals surface area contributed by atoms with Gasteiger partial charge in [0.05, 0.1) is 12.3 Å². The van der Waals surface area contributed by atoms with Crippen molar-refractivity contribution in [2.24, 2.45) is 5.92 Å². The van der Waals surface area contributed by atoms with Crippen LogP contribution in [0.2, 0.25) is 5.15 Å². The molecule has 2 aromatic heterocycles. The van der Waals surface area contributed by atoms with Gasteiger partial charge in [-0.15, -0.1) is 0 Å². The van der Waals surface area contributed by atoms with Crippen molar-refractivity contribution in [3.05, 3.63) is 98.6 Å². The van der Waals surface area contributed by atoms with E-state index in [4.69, 9.17) is 26.1 Å². The topological polar surface area (TPSA) is 111 Å². The number of carbonyl (C=O) groups excluding carboxylic acids is 1. The van der Waals surface area contributed by atoms with Crippen LogP contribution < -0.4 is 15.6 Å². The van der Waals surface area contributed by atoms with Crippen molar-refractivity contribution in [3.8, 4) is 17.3 Å². The Bertz CT molecular complexity index is 1680. The standard InChI is InChI=1S/C33H35ClFN5O4/c1-2-3-17-43-27-26(29-36-25(28(34)38-29)18-21-9-11-24(35)12-10-21)37-31-33(15-13-22(14-16-33)19-40(31)30(27)41)39-32(42)44-20-23-7-5-4-6-8-23/h4-12,22H,2-3,13-20H2,1H3,(H,36,38)(H,39,42). The number of imidazole rings is 1. The van der Waals surface area contributed by atoms with Gasteiger partial charge in [0, 0.05) is 13.0 Å². The fourth-order valence-electron chi connectivity index (χ4n) is 6.07. The predicted molar refractivity (Wildman–Crippen MR) is 164 cm³/mol. The monoisotopic (exact) mass is 619 g/mol. The molecule has 9 nitrogen and oxygen atoms in total. The first-order valence-electron chi connectivity index (χ1n) is 15.1. The molecule has 1 aliphatic carbocycles. The van der Waals surface area contributed by atoms with Crippen LogP contribution in [0.25, 0.3) is 11.5 Å². The van der Waals surface area contributed by atoms with Crippen LogP contribution in [0.15, 0.2) is 59.4 Å². The van der Waals surface area contributed by atoms with E-state index in [0.717, 1.165) is 36.8 Å². The number of unbranched alkanes of at least 4 members (excludes halogenated alkanes) is 1. The van der Waals surface area contributed by atoms with Gasteiger partial charge in [-0.05, 0) is 61.3 Å². The maximum absolute atomic E-state index is 14.2. The van der Waals surface area contributed by atoms with E-state index in [2.05, 4.69) is 15.3 Å². The summed E-state index contributed by atoms with van der Waals surface area (Å²) < 4.78 is 26.8. The van der Waals surface area contributed by atoms with Crippen molar-refractivity contribution in [2.75, 3.05) is 6.61 Å². The van der Waals surface area contributed by atoms with Gasteiger partial charge in [-0.25, -0.2) is 19.2 Å². The van der Waals surface area contributed by atoms with Crippen LogP contribution in [0.5, 0.6) is 5.75 Å². The number of hydrogen-bond donors (Lipinski definition) is 2.